The molecule has 1 aliphatic rings. The van der Waals surface area contributed by atoms with Gasteiger partial charge in [-0.05, 0) is 12.8 Å². The van der Waals surface area contributed by atoms with Gasteiger partial charge in [0, 0.05) is 7.11 Å². The molecule has 1 atom stereocenters. The lowest BCUT2D eigenvalue weighted by atomic mass is 10.0. The molecule has 1 heteroatoms. The molecule has 1 rings (SSSR count). The zero-order valence-corrected chi connectivity index (χ0v) is 6.63. The Kier molecular flexibility index (Phi) is 2.69. The van der Waals surface area contributed by atoms with E-state index in [4.69, 9.17) is 4.74 Å². The van der Waals surface area contributed by atoms with Gasteiger partial charge in [-0.25, -0.2) is 0 Å². The van der Waals surface area contributed by atoms with Crippen molar-refractivity contribution in [2.45, 2.75) is 25.9 Å². The Labute approximate surface area is 62.4 Å². The molecule has 56 valence electrons. The first kappa shape index (κ1) is 7.55. The van der Waals surface area contributed by atoms with Gasteiger partial charge in [0.2, 0.25) is 0 Å². The third-order valence-corrected chi connectivity index (χ3v) is 1.81. The Morgan fingerprint density at radius 1 is 1.70 bits per heavy atom. The van der Waals surface area contributed by atoms with Gasteiger partial charge in [0.15, 0.2) is 0 Å². The van der Waals surface area contributed by atoms with Crippen LogP contribution in [0.5, 0.6) is 0 Å². The van der Waals surface area contributed by atoms with Crippen LogP contribution in [0.2, 0.25) is 0 Å². The molecule has 0 bridgehead atoms. The molecule has 0 aromatic heterocycles. The maximum Gasteiger partial charge on any atom is 0.0792 e. The SMILES string of the molecule is CCC1=CC(OC)CC=C1. The van der Waals surface area contributed by atoms with E-state index in [1.807, 2.05) is 0 Å². The minimum Gasteiger partial charge on any atom is -0.377 e. The highest BCUT2D eigenvalue weighted by Crippen LogP contribution is 2.14. The zero-order chi connectivity index (χ0) is 7.40. The van der Waals surface area contributed by atoms with Gasteiger partial charge in [0.05, 0.1) is 6.10 Å². The molecule has 0 spiro atoms. The van der Waals surface area contributed by atoms with E-state index in [2.05, 4.69) is 25.2 Å². The molecule has 0 aromatic rings. The van der Waals surface area contributed by atoms with Gasteiger partial charge < -0.3 is 4.74 Å². The molecule has 0 aliphatic heterocycles. The zero-order valence-electron chi connectivity index (χ0n) is 6.63. The fraction of sp³-hybridized carbons (Fsp3) is 0.556. The van der Waals surface area contributed by atoms with Crippen molar-refractivity contribution in [2.75, 3.05) is 7.11 Å². The Bertz CT molecular complexity index is 156. The van der Waals surface area contributed by atoms with Gasteiger partial charge in [-0.3, -0.25) is 0 Å². The highest BCUT2D eigenvalue weighted by atomic mass is 16.5. The van der Waals surface area contributed by atoms with Crippen LogP contribution in [-0.2, 0) is 4.74 Å². The van der Waals surface area contributed by atoms with E-state index >= 15 is 0 Å². The van der Waals surface area contributed by atoms with Crippen molar-refractivity contribution >= 4 is 0 Å². The van der Waals surface area contributed by atoms with Crippen LogP contribution in [0, 0.1) is 0 Å². The van der Waals surface area contributed by atoms with Gasteiger partial charge in [-0.1, -0.05) is 30.7 Å². The molecular formula is C9H14O. The van der Waals surface area contributed by atoms with E-state index in [0.29, 0.717) is 6.10 Å². The van der Waals surface area contributed by atoms with Gasteiger partial charge in [-0.15, -0.1) is 0 Å². The van der Waals surface area contributed by atoms with Crippen LogP contribution in [0.3, 0.4) is 0 Å². The third kappa shape index (κ3) is 1.71. The predicted octanol–water partition coefficient (Wildman–Crippen LogP) is 2.30. The lowest BCUT2D eigenvalue weighted by Gasteiger charge is -2.13. The van der Waals surface area contributed by atoms with Crippen LogP contribution >= 0.6 is 0 Å². The first-order valence-corrected chi connectivity index (χ1v) is 3.77. The third-order valence-electron chi connectivity index (χ3n) is 1.81. The fourth-order valence-electron chi connectivity index (χ4n) is 1.12. The molecule has 0 saturated heterocycles. The lowest BCUT2D eigenvalue weighted by Crippen LogP contribution is -2.08. The molecule has 0 N–H and O–H groups in total. The summed E-state index contributed by atoms with van der Waals surface area (Å²) >= 11 is 0. The monoisotopic (exact) mass is 138 g/mol. The minimum atomic E-state index is 0.319. The van der Waals surface area contributed by atoms with Crippen molar-refractivity contribution in [3.05, 3.63) is 23.8 Å². The first-order valence-electron chi connectivity index (χ1n) is 3.77. The number of methoxy groups -OCH3 is 1. The van der Waals surface area contributed by atoms with Crippen molar-refractivity contribution in [3.8, 4) is 0 Å². The summed E-state index contributed by atoms with van der Waals surface area (Å²) in [7, 11) is 1.76. The number of hydrogen-bond donors (Lipinski definition) is 0. The summed E-state index contributed by atoms with van der Waals surface area (Å²) in [5, 5.41) is 0. The van der Waals surface area contributed by atoms with E-state index in [1.54, 1.807) is 7.11 Å². The molecular weight excluding hydrogens is 124 g/mol. The molecule has 0 aromatic carbocycles. The maximum absolute atomic E-state index is 5.20. The molecule has 0 saturated carbocycles. The Hall–Kier alpha value is -0.560. The van der Waals surface area contributed by atoms with Crippen LogP contribution in [0.15, 0.2) is 23.8 Å². The quantitative estimate of drug-likeness (QED) is 0.569. The standard InChI is InChI=1S/C9H14O/c1-3-8-5-4-6-9(7-8)10-2/h4-5,7,9H,3,6H2,1-2H3. The van der Waals surface area contributed by atoms with E-state index < -0.39 is 0 Å². The Morgan fingerprint density at radius 3 is 3.10 bits per heavy atom. The van der Waals surface area contributed by atoms with Crippen molar-refractivity contribution in [2.24, 2.45) is 0 Å². The second kappa shape index (κ2) is 3.57. The van der Waals surface area contributed by atoms with Crippen molar-refractivity contribution in [3.63, 3.8) is 0 Å². The smallest absolute Gasteiger partial charge is 0.0792 e. The van der Waals surface area contributed by atoms with Gasteiger partial charge >= 0.3 is 0 Å². The van der Waals surface area contributed by atoms with Crippen LogP contribution < -0.4 is 0 Å². The molecule has 0 fully saturated rings. The molecule has 1 aliphatic carbocycles. The fourth-order valence-corrected chi connectivity index (χ4v) is 1.12. The van der Waals surface area contributed by atoms with Crippen LogP contribution in [-0.4, -0.2) is 13.2 Å². The van der Waals surface area contributed by atoms with Crippen molar-refractivity contribution in [1.82, 2.24) is 0 Å². The van der Waals surface area contributed by atoms with Gasteiger partial charge in [0.1, 0.15) is 0 Å². The summed E-state index contributed by atoms with van der Waals surface area (Å²) in [6.07, 6.45) is 9.00. The van der Waals surface area contributed by atoms with E-state index in [9.17, 15) is 0 Å². The second-order valence-electron chi connectivity index (χ2n) is 2.51. The average Bonchev–Trinajstić information content (AvgIpc) is 2.05. The molecule has 0 heterocycles. The normalized spacial score (nSPS) is 24.6. The average molecular weight is 138 g/mol. The minimum absolute atomic E-state index is 0.319. The van der Waals surface area contributed by atoms with E-state index in [-0.39, 0.29) is 0 Å². The summed E-state index contributed by atoms with van der Waals surface area (Å²) in [6, 6.07) is 0. The molecule has 1 unspecified atom stereocenters. The summed E-state index contributed by atoms with van der Waals surface area (Å²) in [5.41, 5.74) is 1.39. The van der Waals surface area contributed by atoms with Crippen molar-refractivity contribution < 1.29 is 4.74 Å². The summed E-state index contributed by atoms with van der Waals surface area (Å²) in [4.78, 5) is 0. The lowest BCUT2D eigenvalue weighted by molar-refractivity contribution is 0.142. The van der Waals surface area contributed by atoms with E-state index in [0.717, 1.165) is 12.8 Å². The van der Waals surface area contributed by atoms with Crippen LogP contribution in [0.1, 0.15) is 19.8 Å². The maximum atomic E-state index is 5.20. The van der Waals surface area contributed by atoms with Crippen LogP contribution in [0.25, 0.3) is 0 Å². The topological polar surface area (TPSA) is 9.23 Å². The number of rotatable bonds is 2. The summed E-state index contributed by atoms with van der Waals surface area (Å²) in [6.45, 7) is 2.16. The summed E-state index contributed by atoms with van der Waals surface area (Å²) in [5.74, 6) is 0. The largest absolute Gasteiger partial charge is 0.377 e. The first-order chi connectivity index (χ1) is 4.86. The Balaban J connectivity index is 2.56. The van der Waals surface area contributed by atoms with Crippen molar-refractivity contribution in [1.29, 1.82) is 0 Å². The Morgan fingerprint density at radius 2 is 2.50 bits per heavy atom. The molecule has 1 nitrogen and oxygen atoms in total. The second-order valence-corrected chi connectivity index (χ2v) is 2.51. The van der Waals surface area contributed by atoms with Gasteiger partial charge in [0.25, 0.3) is 0 Å². The van der Waals surface area contributed by atoms with Gasteiger partial charge in [-0.2, -0.15) is 0 Å². The highest BCUT2D eigenvalue weighted by Gasteiger charge is 2.05. The predicted molar refractivity (Wildman–Crippen MR) is 42.9 cm³/mol. The highest BCUT2D eigenvalue weighted by molar-refractivity contribution is 5.24. The van der Waals surface area contributed by atoms with Crippen LogP contribution in [0.4, 0.5) is 0 Å². The number of hydrogen-bond acceptors (Lipinski definition) is 1. The number of ether oxygens (including phenoxy) is 1. The summed E-state index contributed by atoms with van der Waals surface area (Å²) < 4.78 is 5.20. The molecule has 0 amide bonds. The molecule has 10 heavy (non-hydrogen) atoms. The molecule has 0 radical (unpaired) electrons. The van der Waals surface area contributed by atoms with E-state index in [1.165, 1.54) is 5.57 Å². The number of allylic oxidation sites excluding steroid dienone is 2.